The van der Waals surface area contributed by atoms with E-state index in [9.17, 15) is 4.79 Å². The number of amides is 1. The van der Waals surface area contributed by atoms with Crippen molar-refractivity contribution in [2.75, 3.05) is 13.2 Å². The molecule has 1 fully saturated rings. The molecule has 0 spiro atoms. The minimum absolute atomic E-state index is 0.147. The van der Waals surface area contributed by atoms with Crippen LogP contribution in [0.1, 0.15) is 26.2 Å². The summed E-state index contributed by atoms with van der Waals surface area (Å²) in [5, 5.41) is 0. The summed E-state index contributed by atoms with van der Waals surface area (Å²) < 4.78 is 2.20. The Labute approximate surface area is 81.2 Å². The van der Waals surface area contributed by atoms with Gasteiger partial charge in [-0.25, -0.2) is 5.48 Å². The van der Waals surface area contributed by atoms with Crippen molar-refractivity contribution in [1.29, 1.82) is 0 Å². The molecule has 1 amide bonds. The Morgan fingerprint density at radius 1 is 1.69 bits per heavy atom. The van der Waals surface area contributed by atoms with Gasteiger partial charge < -0.3 is 0 Å². The van der Waals surface area contributed by atoms with Gasteiger partial charge in [0.05, 0.1) is 6.61 Å². The second-order valence-electron chi connectivity index (χ2n) is 3.36. The van der Waals surface area contributed by atoms with E-state index in [0.717, 1.165) is 13.0 Å². The van der Waals surface area contributed by atoms with Crippen molar-refractivity contribution in [3.63, 3.8) is 0 Å². The molecule has 1 aliphatic rings. The fourth-order valence-corrected chi connectivity index (χ4v) is 1.86. The molecule has 0 aliphatic carbocycles. The summed E-state index contributed by atoms with van der Waals surface area (Å²) in [5.74, 6) is -0.147. The fourth-order valence-electron chi connectivity index (χ4n) is 1.44. The van der Waals surface area contributed by atoms with Crippen molar-refractivity contribution in [2.45, 2.75) is 32.2 Å². The molecule has 0 aromatic carbocycles. The van der Waals surface area contributed by atoms with Crippen molar-refractivity contribution >= 4 is 15.3 Å². The highest BCUT2D eigenvalue weighted by Crippen LogP contribution is 2.19. The van der Waals surface area contributed by atoms with Crippen molar-refractivity contribution in [3.8, 4) is 0 Å². The minimum atomic E-state index is -0.147. The van der Waals surface area contributed by atoms with Gasteiger partial charge in [-0.1, -0.05) is 15.8 Å². The van der Waals surface area contributed by atoms with Crippen LogP contribution in [0.4, 0.5) is 0 Å². The normalized spacial score (nSPS) is 24.3. The van der Waals surface area contributed by atoms with Gasteiger partial charge in [0.25, 0.3) is 0 Å². The maximum absolute atomic E-state index is 10.5. The van der Waals surface area contributed by atoms with E-state index in [0.29, 0.717) is 12.6 Å². The van der Waals surface area contributed by atoms with Gasteiger partial charge in [0.2, 0.25) is 5.91 Å². The van der Waals surface area contributed by atoms with E-state index in [1.807, 2.05) is 0 Å². The van der Waals surface area contributed by atoms with Gasteiger partial charge in [-0.05, 0) is 12.8 Å². The van der Waals surface area contributed by atoms with Crippen LogP contribution in [-0.4, -0.2) is 29.8 Å². The molecule has 0 radical (unpaired) electrons. The molecular weight excluding hydrogens is 187 g/mol. The predicted octanol–water partition coefficient (Wildman–Crippen LogP) is 0.699. The summed E-state index contributed by atoms with van der Waals surface area (Å²) in [5.41, 5.74) is 2.34. The summed E-state index contributed by atoms with van der Waals surface area (Å²) in [4.78, 5) is 15.6. The average Bonchev–Trinajstić information content (AvgIpc) is 2.08. The number of nitrogens with one attached hydrogen (secondary N) is 1. The third kappa shape index (κ3) is 4.03. The first kappa shape index (κ1) is 10.9. The summed E-state index contributed by atoms with van der Waals surface area (Å²) >= 11 is 0. The molecule has 1 heterocycles. The van der Waals surface area contributed by atoms with Crippen molar-refractivity contribution in [1.82, 2.24) is 10.2 Å². The second-order valence-corrected chi connectivity index (χ2v) is 4.02. The van der Waals surface area contributed by atoms with Crippen LogP contribution in [0, 0.1) is 0 Å². The SMILES string of the molecule is CC(=O)NOC[C@@H]1CCCCN1P. The fraction of sp³-hybridized carbons (Fsp3) is 0.875. The zero-order valence-corrected chi connectivity index (χ0v) is 9.11. The number of piperidine rings is 1. The molecule has 0 aromatic heterocycles. The standard InChI is InChI=1S/C8H17N2O2P/c1-7(11)9-12-6-8-4-2-3-5-10(8)13/h8H,2-6,13H2,1H3,(H,9,11)/t8-/m0/s1. The zero-order valence-electron chi connectivity index (χ0n) is 7.95. The van der Waals surface area contributed by atoms with Gasteiger partial charge in [-0.2, -0.15) is 0 Å². The van der Waals surface area contributed by atoms with Crippen LogP contribution in [0.5, 0.6) is 0 Å². The maximum atomic E-state index is 10.5. The van der Waals surface area contributed by atoms with Crippen molar-refractivity contribution < 1.29 is 9.63 Å². The summed E-state index contributed by atoms with van der Waals surface area (Å²) in [6.07, 6.45) is 3.64. The molecule has 2 atom stereocenters. The highest BCUT2D eigenvalue weighted by atomic mass is 31.0. The Morgan fingerprint density at radius 2 is 2.46 bits per heavy atom. The number of carbonyl (C=O) groups excluding carboxylic acids is 1. The Bertz CT molecular complexity index is 178. The summed E-state index contributed by atoms with van der Waals surface area (Å²) in [6, 6.07) is 0.422. The molecule has 1 rings (SSSR count). The summed E-state index contributed by atoms with van der Waals surface area (Å²) in [7, 11) is 2.70. The monoisotopic (exact) mass is 204 g/mol. The Kier molecular flexibility index (Phi) is 4.64. The van der Waals surface area contributed by atoms with Gasteiger partial charge >= 0.3 is 0 Å². The van der Waals surface area contributed by atoms with Gasteiger partial charge in [-0.15, -0.1) is 0 Å². The minimum Gasteiger partial charge on any atom is -0.282 e. The first-order chi connectivity index (χ1) is 6.20. The van der Waals surface area contributed by atoms with Crippen molar-refractivity contribution in [3.05, 3.63) is 0 Å². The van der Waals surface area contributed by atoms with Crippen LogP contribution < -0.4 is 5.48 Å². The molecule has 0 aromatic rings. The van der Waals surface area contributed by atoms with Gasteiger partial charge in [-0.3, -0.25) is 14.3 Å². The molecule has 1 aliphatic heterocycles. The lowest BCUT2D eigenvalue weighted by Crippen LogP contribution is -2.37. The molecule has 76 valence electrons. The Morgan fingerprint density at radius 3 is 3.08 bits per heavy atom. The van der Waals surface area contributed by atoms with E-state index >= 15 is 0 Å². The van der Waals surface area contributed by atoms with Crippen LogP contribution in [0.3, 0.4) is 0 Å². The average molecular weight is 204 g/mol. The van der Waals surface area contributed by atoms with E-state index in [-0.39, 0.29) is 5.91 Å². The lowest BCUT2D eigenvalue weighted by molar-refractivity contribution is -0.132. The van der Waals surface area contributed by atoms with Crippen LogP contribution >= 0.6 is 9.39 Å². The molecule has 0 bridgehead atoms. The van der Waals surface area contributed by atoms with Crippen LogP contribution in [0.2, 0.25) is 0 Å². The number of hydroxylamine groups is 1. The number of hydrogen-bond acceptors (Lipinski definition) is 3. The second kappa shape index (κ2) is 5.53. The number of hydrogen-bond donors (Lipinski definition) is 1. The first-order valence-electron chi connectivity index (χ1n) is 4.60. The van der Waals surface area contributed by atoms with E-state index < -0.39 is 0 Å². The highest BCUT2D eigenvalue weighted by Gasteiger charge is 2.19. The van der Waals surface area contributed by atoms with Crippen LogP contribution in [0.15, 0.2) is 0 Å². The number of nitrogens with zero attached hydrogens (tertiary/aromatic N) is 1. The van der Waals surface area contributed by atoms with E-state index in [1.54, 1.807) is 0 Å². The largest absolute Gasteiger partial charge is 0.282 e. The van der Waals surface area contributed by atoms with E-state index in [4.69, 9.17) is 4.84 Å². The molecule has 13 heavy (non-hydrogen) atoms. The maximum Gasteiger partial charge on any atom is 0.240 e. The summed E-state index contributed by atoms with van der Waals surface area (Å²) in [6.45, 7) is 3.11. The Hall–Kier alpha value is -0.180. The lowest BCUT2D eigenvalue weighted by atomic mass is 10.1. The van der Waals surface area contributed by atoms with E-state index in [2.05, 4.69) is 19.5 Å². The lowest BCUT2D eigenvalue weighted by Gasteiger charge is -2.31. The van der Waals surface area contributed by atoms with E-state index in [1.165, 1.54) is 19.8 Å². The van der Waals surface area contributed by atoms with Gasteiger partial charge in [0.1, 0.15) is 0 Å². The number of rotatable bonds is 3. The zero-order chi connectivity index (χ0) is 9.68. The smallest absolute Gasteiger partial charge is 0.240 e. The third-order valence-corrected chi connectivity index (χ3v) is 2.84. The molecule has 1 saturated heterocycles. The number of carbonyl (C=O) groups is 1. The van der Waals surface area contributed by atoms with Gasteiger partial charge in [0, 0.05) is 19.5 Å². The van der Waals surface area contributed by atoms with Crippen LogP contribution in [-0.2, 0) is 9.63 Å². The third-order valence-electron chi connectivity index (χ3n) is 2.16. The topological polar surface area (TPSA) is 41.6 Å². The van der Waals surface area contributed by atoms with Gasteiger partial charge in [0.15, 0.2) is 0 Å². The Balaban J connectivity index is 2.15. The van der Waals surface area contributed by atoms with Crippen molar-refractivity contribution in [2.24, 2.45) is 0 Å². The molecule has 1 unspecified atom stereocenters. The molecule has 0 saturated carbocycles. The molecule has 1 N–H and O–H groups in total. The highest BCUT2D eigenvalue weighted by molar-refractivity contribution is 7.13. The first-order valence-corrected chi connectivity index (χ1v) is 5.11. The molecule has 4 nitrogen and oxygen atoms in total. The van der Waals surface area contributed by atoms with Crippen LogP contribution in [0.25, 0.3) is 0 Å². The predicted molar refractivity (Wildman–Crippen MR) is 53.8 cm³/mol. The molecule has 5 heteroatoms. The molecular formula is C8H17N2O2P. The quantitative estimate of drug-likeness (QED) is 0.543.